The third-order valence-electron chi connectivity index (χ3n) is 3.30. The molecule has 2 N–H and O–H groups in total. The van der Waals surface area contributed by atoms with Crippen molar-refractivity contribution in [2.75, 3.05) is 13.7 Å². The van der Waals surface area contributed by atoms with Crippen LogP contribution >= 0.6 is 0 Å². The minimum Gasteiger partial charge on any atom is -0.469 e. The van der Waals surface area contributed by atoms with Gasteiger partial charge in [0, 0.05) is 12.0 Å². The molecule has 0 aromatic heterocycles. The lowest BCUT2D eigenvalue weighted by Gasteiger charge is -2.26. The molecule has 1 atom stereocenters. The zero-order valence-corrected chi connectivity index (χ0v) is 10.4. The molecule has 1 aliphatic rings. The van der Waals surface area contributed by atoms with Gasteiger partial charge in [0.25, 0.3) is 0 Å². The number of carbonyl (C=O) groups is 2. The first kappa shape index (κ1) is 14.0. The van der Waals surface area contributed by atoms with E-state index in [1.165, 1.54) is 7.11 Å². The fourth-order valence-electron chi connectivity index (χ4n) is 2.16. The minimum absolute atomic E-state index is 0.0186. The minimum atomic E-state index is -0.208. The summed E-state index contributed by atoms with van der Waals surface area (Å²) in [5.41, 5.74) is 0. The molecule has 1 saturated carbocycles. The van der Waals surface area contributed by atoms with Crippen LogP contribution in [0.4, 0.5) is 0 Å². The Morgan fingerprint density at radius 1 is 1.29 bits per heavy atom. The van der Waals surface area contributed by atoms with Crippen LogP contribution in [0.2, 0.25) is 0 Å². The Balaban J connectivity index is 2.36. The van der Waals surface area contributed by atoms with Gasteiger partial charge in [0.15, 0.2) is 0 Å². The van der Waals surface area contributed by atoms with E-state index in [1.807, 2.05) is 0 Å². The smallest absolute Gasteiger partial charge is 0.308 e. The summed E-state index contributed by atoms with van der Waals surface area (Å²) in [6.45, 7) is 1.71. The molecule has 0 radical (unpaired) electrons. The summed E-state index contributed by atoms with van der Waals surface area (Å²) >= 11 is 0. The summed E-state index contributed by atoms with van der Waals surface area (Å²) in [4.78, 5) is 23.1. The highest BCUT2D eigenvalue weighted by atomic mass is 16.5. The number of ether oxygens (including phenoxy) is 1. The van der Waals surface area contributed by atoms with Crippen LogP contribution in [0.3, 0.4) is 0 Å². The van der Waals surface area contributed by atoms with Gasteiger partial charge < -0.3 is 15.2 Å². The average molecular weight is 243 g/mol. The van der Waals surface area contributed by atoms with Gasteiger partial charge in [-0.1, -0.05) is 0 Å². The molecule has 0 aromatic rings. The molecular formula is C12H21NO4. The lowest BCUT2D eigenvalue weighted by atomic mass is 9.81. The van der Waals surface area contributed by atoms with Crippen LogP contribution in [0.1, 0.15) is 32.6 Å². The lowest BCUT2D eigenvalue weighted by Crippen LogP contribution is -2.40. The van der Waals surface area contributed by atoms with Crippen LogP contribution < -0.4 is 5.32 Å². The molecule has 5 nitrogen and oxygen atoms in total. The first-order valence-corrected chi connectivity index (χ1v) is 6.07. The van der Waals surface area contributed by atoms with E-state index in [-0.39, 0.29) is 36.4 Å². The van der Waals surface area contributed by atoms with Crippen molar-refractivity contribution in [1.82, 2.24) is 5.32 Å². The molecule has 1 amide bonds. The van der Waals surface area contributed by atoms with E-state index in [0.717, 1.165) is 0 Å². The van der Waals surface area contributed by atoms with Crippen molar-refractivity contribution in [3.8, 4) is 0 Å². The lowest BCUT2D eigenvalue weighted by molar-refractivity contribution is -0.147. The van der Waals surface area contributed by atoms with E-state index in [1.54, 1.807) is 6.92 Å². The van der Waals surface area contributed by atoms with Gasteiger partial charge in [0.05, 0.1) is 19.6 Å². The Morgan fingerprint density at radius 2 is 1.82 bits per heavy atom. The van der Waals surface area contributed by atoms with Crippen LogP contribution in [-0.4, -0.2) is 36.7 Å². The first-order chi connectivity index (χ1) is 8.08. The number of aliphatic hydroxyl groups excluding tert-OH is 1. The van der Waals surface area contributed by atoms with Crippen LogP contribution in [0.25, 0.3) is 0 Å². The van der Waals surface area contributed by atoms with E-state index < -0.39 is 0 Å². The van der Waals surface area contributed by atoms with Gasteiger partial charge in [-0.25, -0.2) is 0 Å². The van der Waals surface area contributed by atoms with Crippen molar-refractivity contribution in [3.05, 3.63) is 0 Å². The molecule has 1 rings (SSSR count). The molecular weight excluding hydrogens is 222 g/mol. The highest BCUT2D eigenvalue weighted by Gasteiger charge is 2.30. The molecule has 0 saturated heterocycles. The van der Waals surface area contributed by atoms with Crippen molar-refractivity contribution in [2.45, 2.75) is 38.6 Å². The number of hydrogen-bond acceptors (Lipinski definition) is 4. The van der Waals surface area contributed by atoms with Gasteiger partial charge in [-0.2, -0.15) is 0 Å². The summed E-state index contributed by atoms with van der Waals surface area (Å²) in [5.74, 6) is -0.285. The fourth-order valence-corrected chi connectivity index (χ4v) is 2.16. The summed E-state index contributed by atoms with van der Waals surface area (Å²) in [5, 5.41) is 11.6. The van der Waals surface area contributed by atoms with Crippen molar-refractivity contribution < 1.29 is 19.4 Å². The van der Waals surface area contributed by atoms with Gasteiger partial charge in [-0.15, -0.1) is 0 Å². The van der Waals surface area contributed by atoms with Crippen LogP contribution in [-0.2, 0) is 14.3 Å². The molecule has 5 heteroatoms. The van der Waals surface area contributed by atoms with E-state index in [2.05, 4.69) is 5.32 Å². The number of carbonyl (C=O) groups excluding carboxylic acids is 2. The molecule has 1 aliphatic carbocycles. The highest BCUT2D eigenvalue weighted by molar-refractivity contribution is 5.79. The quantitative estimate of drug-likeness (QED) is 0.703. The molecule has 1 fully saturated rings. The maximum Gasteiger partial charge on any atom is 0.308 e. The monoisotopic (exact) mass is 243 g/mol. The average Bonchev–Trinajstić information content (AvgIpc) is 2.37. The Hall–Kier alpha value is -1.10. The molecule has 0 unspecified atom stereocenters. The van der Waals surface area contributed by atoms with E-state index >= 15 is 0 Å². The molecule has 0 bridgehead atoms. The SMILES string of the molecule is COC(=O)[C@H]1CC[C@H](C(=O)N[C@@H](C)CO)CC1. The number of aliphatic hydroxyl groups is 1. The Morgan fingerprint density at radius 3 is 2.29 bits per heavy atom. The molecule has 0 spiro atoms. The normalized spacial score (nSPS) is 26.1. The Bertz CT molecular complexity index is 272. The van der Waals surface area contributed by atoms with Gasteiger partial charge in [0.2, 0.25) is 5.91 Å². The first-order valence-electron chi connectivity index (χ1n) is 6.07. The van der Waals surface area contributed by atoms with Crippen LogP contribution in [0, 0.1) is 11.8 Å². The number of esters is 1. The van der Waals surface area contributed by atoms with Crippen molar-refractivity contribution in [1.29, 1.82) is 0 Å². The largest absolute Gasteiger partial charge is 0.469 e. The predicted octanol–water partition coefficient (Wildman–Crippen LogP) is 0.463. The third kappa shape index (κ3) is 4.00. The predicted molar refractivity (Wildman–Crippen MR) is 62.2 cm³/mol. The molecule has 0 aliphatic heterocycles. The fraction of sp³-hybridized carbons (Fsp3) is 0.833. The summed E-state index contributed by atoms with van der Waals surface area (Å²) in [7, 11) is 1.39. The van der Waals surface area contributed by atoms with E-state index in [0.29, 0.717) is 25.7 Å². The maximum atomic E-state index is 11.8. The molecule has 17 heavy (non-hydrogen) atoms. The van der Waals surface area contributed by atoms with Crippen molar-refractivity contribution in [2.24, 2.45) is 11.8 Å². The van der Waals surface area contributed by atoms with Gasteiger partial charge >= 0.3 is 5.97 Å². The molecule has 98 valence electrons. The summed E-state index contributed by atoms with van der Waals surface area (Å²) < 4.78 is 4.69. The second kappa shape index (κ2) is 6.59. The third-order valence-corrected chi connectivity index (χ3v) is 3.30. The standard InChI is InChI=1S/C12H21NO4/c1-8(7-14)13-11(15)9-3-5-10(6-4-9)12(16)17-2/h8-10,14H,3-7H2,1-2H3,(H,13,15)/t8-,9-,10-/m0/s1. The number of amides is 1. The summed E-state index contributed by atoms with van der Waals surface area (Å²) in [6, 6.07) is -0.208. The highest BCUT2D eigenvalue weighted by Crippen LogP contribution is 2.29. The van der Waals surface area contributed by atoms with E-state index in [9.17, 15) is 9.59 Å². The number of rotatable bonds is 4. The second-order valence-electron chi connectivity index (χ2n) is 4.66. The van der Waals surface area contributed by atoms with Crippen LogP contribution in [0.5, 0.6) is 0 Å². The molecule has 0 heterocycles. The number of methoxy groups -OCH3 is 1. The van der Waals surface area contributed by atoms with Gasteiger partial charge in [-0.3, -0.25) is 9.59 Å². The van der Waals surface area contributed by atoms with Gasteiger partial charge in [0.1, 0.15) is 0 Å². The van der Waals surface area contributed by atoms with Crippen molar-refractivity contribution in [3.63, 3.8) is 0 Å². The Labute approximate surface area is 102 Å². The van der Waals surface area contributed by atoms with Crippen molar-refractivity contribution >= 4 is 11.9 Å². The number of hydrogen-bond donors (Lipinski definition) is 2. The maximum absolute atomic E-state index is 11.8. The topological polar surface area (TPSA) is 75.6 Å². The number of nitrogens with one attached hydrogen (secondary N) is 1. The second-order valence-corrected chi connectivity index (χ2v) is 4.66. The zero-order chi connectivity index (χ0) is 12.8. The zero-order valence-electron chi connectivity index (χ0n) is 10.4. The molecule has 0 aromatic carbocycles. The summed E-state index contributed by atoms with van der Waals surface area (Å²) in [6.07, 6.45) is 2.84. The van der Waals surface area contributed by atoms with Crippen LogP contribution in [0.15, 0.2) is 0 Å². The Kier molecular flexibility index (Phi) is 5.41. The van der Waals surface area contributed by atoms with E-state index in [4.69, 9.17) is 9.84 Å². The van der Waals surface area contributed by atoms with Gasteiger partial charge in [-0.05, 0) is 32.6 Å².